The molecule has 0 fully saturated rings. The van der Waals surface area contributed by atoms with Crippen LogP contribution < -0.4 is 0 Å². The second-order valence-corrected chi connectivity index (χ2v) is 1.54. The molecule has 0 atom stereocenters. The molecule has 7 heteroatoms. The van der Waals surface area contributed by atoms with Crippen LogP contribution in [0.5, 0.6) is 0 Å². The van der Waals surface area contributed by atoms with Gasteiger partial charge in [0.05, 0.1) is 0 Å². The molecular formula is H7O4PSr2. The van der Waals surface area contributed by atoms with Crippen molar-refractivity contribution in [2.45, 2.75) is 0 Å². The van der Waals surface area contributed by atoms with Crippen LogP contribution in [-0.2, 0) is 4.57 Å². The molecular weight excluding hydrogens is 270 g/mol. The van der Waals surface area contributed by atoms with Crippen molar-refractivity contribution in [1.29, 1.82) is 0 Å². The maximum atomic E-state index is 8.88. The van der Waals surface area contributed by atoms with Gasteiger partial charge in [0, 0.05) is 0 Å². The van der Waals surface area contributed by atoms with E-state index < -0.39 is 7.82 Å². The SMILES string of the molecule is O=P(O)(O)O.[SrH2].[SrH2]. The molecule has 7 heavy (non-hydrogen) atoms. The van der Waals surface area contributed by atoms with Gasteiger partial charge in [0.15, 0.2) is 0 Å². The Bertz CT molecular complexity index is 55.8. The van der Waals surface area contributed by atoms with Crippen molar-refractivity contribution in [1.82, 2.24) is 0 Å². The molecule has 0 rings (SSSR count). The van der Waals surface area contributed by atoms with E-state index in [2.05, 4.69) is 0 Å². The molecule has 0 aromatic carbocycles. The first kappa shape index (κ1) is 16.6. The van der Waals surface area contributed by atoms with Crippen molar-refractivity contribution in [3.63, 3.8) is 0 Å². The summed E-state index contributed by atoms with van der Waals surface area (Å²) in [5.41, 5.74) is 0. The van der Waals surface area contributed by atoms with Crippen molar-refractivity contribution in [3.8, 4) is 0 Å². The van der Waals surface area contributed by atoms with Gasteiger partial charge in [0.25, 0.3) is 0 Å². The van der Waals surface area contributed by atoms with Crippen LogP contribution in [0.15, 0.2) is 0 Å². The van der Waals surface area contributed by atoms with Crippen molar-refractivity contribution in [2.75, 3.05) is 0 Å². The van der Waals surface area contributed by atoms with E-state index in [0.717, 1.165) is 0 Å². The molecule has 0 heterocycles. The van der Waals surface area contributed by atoms with Gasteiger partial charge in [-0.05, 0) is 0 Å². The first-order valence-electron chi connectivity index (χ1n) is 0.783. The van der Waals surface area contributed by atoms with Gasteiger partial charge in [-0.15, -0.1) is 0 Å². The summed E-state index contributed by atoms with van der Waals surface area (Å²) in [6.45, 7) is 0. The minimum atomic E-state index is -4.64. The van der Waals surface area contributed by atoms with Gasteiger partial charge in [-0.2, -0.15) is 0 Å². The van der Waals surface area contributed by atoms with Gasteiger partial charge < -0.3 is 14.7 Å². The molecule has 0 aromatic heterocycles. The second-order valence-electron chi connectivity index (χ2n) is 0.513. The third kappa shape index (κ3) is 48.1. The average Bonchev–Trinajstić information content (AvgIpc) is 0.722. The Morgan fingerprint density at radius 1 is 1.00 bits per heavy atom. The summed E-state index contributed by atoms with van der Waals surface area (Å²) in [6.07, 6.45) is 0. The van der Waals surface area contributed by atoms with Crippen LogP contribution >= 0.6 is 7.82 Å². The Balaban J connectivity index is -0.0000000800. The summed E-state index contributed by atoms with van der Waals surface area (Å²) < 4.78 is 8.88. The molecule has 0 amide bonds. The number of hydrogen-bond acceptors (Lipinski definition) is 1. The van der Waals surface area contributed by atoms with Crippen LogP contribution in [0.2, 0.25) is 0 Å². The fourth-order valence-electron chi connectivity index (χ4n) is 0. The zero-order chi connectivity index (χ0) is 4.50. The first-order chi connectivity index (χ1) is 2.00. The van der Waals surface area contributed by atoms with Crippen molar-refractivity contribution < 1.29 is 19.2 Å². The Morgan fingerprint density at radius 2 is 1.00 bits per heavy atom. The summed E-state index contributed by atoms with van der Waals surface area (Å²) >= 11 is 0. The predicted molar refractivity (Wildman–Crippen MR) is 31.4 cm³/mol. The van der Waals surface area contributed by atoms with Crippen LogP contribution in [0.1, 0.15) is 0 Å². The van der Waals surface area contributed by atoms with E-state index in [9.17, 15) is 0 Å². The summed E-state index contributed by atoms with van der Waals surface area (Å²) in [5.74, 6) is 0. The van der Waals surface area contributed by atoms with Crippen LogP contribution in [-0.4, -0.2) is 106 Å². The molecule has 0 aliphatic carbocycles. The van der Waals surface area contributed by atoms with E-state index >= 15 is 0 Å². The molecule has 0 bridgehead atoms. The van der Waals surface area contributed by atoms with Crippen LogP contribution in [0.3, 0.4) is 0 Å². The average molecular weight is 277 g/mol. The fraction of sp³-hybridized carbons (Fsp3) is 0. The number of hydrogen-bond donors (Lipinski definition) is 3. The van der Waals surface area contributed by atoms with Gasteiger partial charge in [0.2, 0.25) is 0 Å². The predicted octanol–water partition coefficient (Wildman–Crippen LogP) is -2.76. The minimum absolute atomic E-state index is 0. The van der Waals surface area contributed by atoms with E-state index in [-0.39, 0.29) is 91.0 Å². The molecule has 0 unspecified atom stereocenters. The Labute approximate surface area is 115 Å². The van der Waals surface area contributed by atoms with Crippen LogP contribution in [0, 0.1) is 0 Å². The van der Waals surface area contributed by atoms with E-state index in [4.69, 9.17) is 19.2 Å². The van der Waals surface area contributed by atoms with E-state index in [1.165, 1.54) is 0 Å². The molecule has 0 saturated carbocycles. The third-order valence-corrected chi connectivity index (χ3v) is 0. The summed E-state index contributed by atoms with van der Waals surface area (Å²) in [7, 11) is -4.64. The molecule has 0 radical (unpaired) electrons. The van der Waals surface area contributed by atoms with Crippen LogP contribution in [0.4, 0.5) is 0 Å². The standard InChI is InChI=1S/H3O4P.2Sr.4H/c1-5(2,3)4;;;;;;/h(H3,1,2,3,4);;;;;;. The Hall–Kier alpha value is 3.07. The summed E-state index contributed by atoms with van der Waals surface area (Å²) in [6, 6.07) is 0. The van der Waals surface area contributed by atoms with Gasteiger partial charge >= 0.3 is 98.8 Å². The first-order valence-corrected chi connectivity index (χ1v) is 2.35. The zero-order valence-electron chi connectivity index (χ0n) is 2.20. The summed E-state index contributed by atoms with van der Waals surface area (Å²) in [5, 5.41) is 0. The van der Waals surface area contributed by atoms with Crippen molar-refractivity contribution in [2.24, 2.45) is 0 Å². The molecule has 3 N–H and O–H groups in total. The second kappa shape index (κ2) is 7.18. The number of phosphoric acid groups is 1. The van der Waals surface area contributed by atoms with Crippen molar-refractivity contribution in [3.05, 3.63) is 0 Å². The molecule has 40 valence electrons. The Kier molecular flexibility index (Phi) is 17.0. The molecule has 0 saturated heterocycles. The maximum absolute atomic E-state index is 8.88. The molecule has 0 aliphatic heterocycles. The Morgan fingerprint density at radius 3 is 1.00 bits per heavy atom. The molecule has 0 spiro atoms. The summed E-state index contributed by atoms with van der Waals surface area (Å²) in [4.78, 5) is 21.6. The number of rotatable bonds is 0. The van der Waals surface area contributed by atoms with Crippen LogP contribution in [0.25, 0.3) is 0 Å². The topological polar surface area (TPSA) is 77.8 Å². The quantitative estimate of drug-likeness (QED) is 0.331. The molecule has 0 aliphatic rings. The fourth-order valence-corrected chi connectivity index (χ4v) is 0. The monoisotopic (exact) mass is 278 g/mol. The van der Waals surface area contributed by atoms with E-state index in [0.29, 0.717) is 0 Å². The zero-order valence-corrected chi connectivity index (χ0v) is 3.09. The van der Waals surface area contributed by atoms with E-state index in [1.54, 1.807) is 0 Å². The molecule has 4 nitrogen and oxygen atoms in total. The van der Waals surface area contributed by atoms with Gasteiger partial charge in [0.1, 0.15) is 0 Å². The van der Waals surface area contributed by atoms with Gasteiger partial charge in [-0.3, -0.25) is 0 Å². The molecule has 0 aromatic rings. The van der Waals surface area contributed by atoms with Gasteiger partial charge in [-0.1, -0.05) is 0 Å². The third-order valence-electron chi connectivity index (χ3n) is 0. The normalized spacial score (nSPS) is 8.43. The van der Waals surface area contributed by atoms with Crippen molar-refractivity contribution >= 4 is 98.8 Å². The van der Waals surface area contributed by atoms with E-state index in [1.807, 2.05) is 0 Å². The van der Waals surface area contributed by atoms with Gasteiger partial charge in [-0.25, -0.2) is 4.57 Å².